The van der Waals surface area contributed by atoms with Crippen molar-refractivity contribution in [2.75, 3.05) is 0 Å². The quantitative estimate of drug-likeness (QED) is 0.803. The molecule has 1 N–H and O–H groups in total. The average Bonchev–Trinajstić information content (AvgIpc) is 2.20. The molecule has 1 unspecified atom stereocenters. The predicted molar refractivity (Wildman–Crippen MR) is 69.7 cm³/mol. The Morgan fingerprint density at radius 2 is 1.81 bits per heavy atom. The lowest BCUT2D eigenvalue weighted by Gasteiger charge is -2.14. The maximum absolute atomic E-state index is 9.97. The van der Waals surface area contributed by atoms with Gasteiger partial charge < -0.3 is 5.11 Å². The average molecular weight is 220 g/mol. The minimum absolute atomic E-state index is 0.192. The number of rotatable bonds is 5. The van der Waals surface area contributed by atoms with E-state index >= 15 is 0 Å². The Morgan fingerprint density at radius 3 is 2.44 bits per heavy atom. The number of aliphatic hydroxyl groups is 1. The lowest BCUT2D eigenvalue weighted by Crippen LogP contribution is -2.12. The van der Waals surface area contributed by atoms with Gasteiger partial charge >= 0.3 is 0 Å². The van der Waals surface area contributed by atoms with Crippen molar-refractivity contribution in [1.82, 2.24) is 0 Å². The predicted octanol–water partition coefficient (Wildman–Crippen LogP) is 3.64. The molecule has 0 aromatic heterocycles. The highest BCUT2D eigenvalue weighted by atomic mass is 16.3. The van der Waals surface area contributed by atoms with Crippen molar-refractivity contribution in [3.63, 3.8) is 0 Å². The highest BCUT2D eigenvalue weighted by molar-refractivity contribution is 5.30. The second kappa shape index (κ2) is 6.05. The largest absolute Gasteiger partial charge is 0.393 e. The summed E-state index contributed by atoms with van der Waals surface area (Å²) in [5.41, 5.74) is 3.85. The summed E-state index contributed by atoms with van der Waals surface area (Å²) in [6.07, 6.45) is 2.61. The van der Waals surface area contributed by atoms with E-state index in [4.69, 9.17) is 0 Å². The van der Waals surface area contributed by atoms with Crippen LogP contribution in [0.3, 0.4) is 0 Å². The lowest BCUT2D eigenvalue weighted by atomic mass is 9.96. The van der Waals surface area contributed by atoms with Crippen LogP contribution in [0.5, 0.6) is 0 Å². The van der Waals surface area contributed by atoms with E-state index in [9.17, 15) is 5.11 Å². The van der Waals surface area contributed by atoms with E-state index in [1.165, 1.54) is 16.7 Å². The summed E-state index contributed by atoms with van der Waals surface area (Å²) in [5.74, 6) is 0.674. The Hall–Kier alpha value is -0.820. The van der Waals surface area contributed by atoms with Gasteiger partial charge in [-0.15, -0.1) is 0 Å². The van der Waals surface area contributed by atoms with E-state index in [-0.39, 0.29) is 6.10 Å². The van der Waals surface area contributed by atoms with Gasteiger partial charge in [0.1, 0.15) is 0 Å². The van der Waals surface area contributed by atoms with Gasteiger partial charge in [0.2, 0.25) is 0 Å². The van der Waals surface area contributed by atoms with Crippen molar-refractivity contribution in [1.29, 1.82) is 0 Å². The Labute approximate surface area is 99.5 Å². The van der Waals surface area contributed by atoms with Crippen LogP contribution in [-0.2, 0) is 6.42 Å². The summed E-state index contributed by atoms with van der Waals surface area (Å²) in [4.78, 5) is 0. The van der Waals surface area contributed by atoms with Crippen molar-refractivity contribution in [2.24, 2.45) is 5.92 Å². The van der Waals surface area contributed by atoms with Gasteiger partial charge in [-0.1, -0.05) is 37.6 Å². The molecule has 0 aliphatic rings. The fourth-order valence-electron chi connectivity index (χ4n) is 1.90. The van der Waals surface area contributed by atoms with Crippen LogP contribution in [-0.4, -0.2) is 11.2 Å². The van der Waals surface area contributed by atoms with Crippen LogP contribution < -0.4 is 0 Å². The molecule has 90 valence electrons. The van der Waals surface area contributed by atoms with Gasteiger partial charge in [0.05, 0.1) is 6.10 Å². The molecule has 1 atom stereocenters. The molecule has 0 fully saturated rings. The molecule has 0 bridgehead atoms. The summed E-state index contributed by atoms with van der Waals surface area (Å²) in [6.45, 7) is 8.61. The number of aliphatic hydroxyl groups excluding tert-OH is 1. The van der Waals surface area contributed by atoms with Crippen molar-refractivity contribution < 1.29 is 5.11 Å². The van der Waals surface area contributed by atoms with Crippen LogP contribution in [0, 0.1) is 19.8 Å². The highest BCUT2D eigenvalue weighted by Gasteiger charge is 2.08. The molecule has 0 saturated heterocycles. The molecule has 0 aliphatic carbocycles. The standard InChI is InChI=1S/C15H24O/c1-11(2)5-8-15(16)10-14-9-12(3)6-7-13(14)4/h6-7,9,11,15-16H,5,8,10H2,1-4H3. The zero-order valence-corrected chi connectivity index (χ0v) is 11.0. The zero-order valence-electron chi connectivity index (χ0n) is 11.0. The highest BCUT2D eigenvalue weighted by Crippen LogP contribution is 2.16. The minimum atomic E-state index is -0.192. The summed E-state index contributed by atoms with van der Waals surface area (Å²) in [7, 11) is 0. The van der Waals surface area contributed by atoms with Crippen molar-refractivity contribution in [3.8, 4) is 0 Å². The fourth-order valence-corrected chi connectivity index (χ4v) is 1.90. The third-order valence-corrected chi connectivity index (χ3v) is 3.04. The second-order valence-electron chi connectivity index (χ2n) is 5.26. The molecule has 0 radical (unpaired) electrons. The normalized spacial score (nSPS) is 13.1. The van der Waals surface area contributed by atoms with Crippen LogP contribution in [0.4, 0.5) is 0 Å². The molecule has 0 saturated carbocycles. The SMILES string of the molecule is Cc1ccc(C)c(CC(O)CCC(C)C)c1. The molecule has 1 aromatic carbocycles. The van der Waals surface area contributed by atoms with E-state index in [1.54, 1.807) is 0 Å². The molecule has 0 amide bonds. The van der Waals surface area contributed by atoms with Gasteiger partial charge in [-0.25, -0.2) is 0 Å². The molecule has 0 heterocycles. The maximum Gasteiger partial charge on any atom is 0.0580 e. The molecular weight excluding hydrogens is 196 g/mol. The molecule has 1 aromatic rings. The van der Waals surface area contributed by atoms with Gasteiger partial charge in [0, 0.05) is 0 Å². The molecule has 0 aliphatic heterocycles. The van der Waals surface area contributed by atoms with Gasteiger partial charge in [0.15, 0.2) is 0 Å². The van der Waals surface area contributed by atoms with Crippen LogP contribution in [0.15, 0.2) is 18.2 Å². The van der Waals surface area contributed by atoms with Crippen molar-refractivity contribution >= 4 is 0 Å². The number of aryl methyl sites for hydroxylation is 2. The molecule has 1 nitrogen and oxygen atoms in total. The van der Waals surface area contributed by atoms with Crippen molar-refractivity contribution in [2.45, 2.75) is 53.1 Å². The summed E-state index contributed by atoms with van der Waals surface area (Å²) < 4.78 is 0. The van der Waals surface area contributed by atoms with Crippen LogP contribution >= 0.6 is 0 Å². The fraction of sp³-hybridized carbons (Fsp3) is 0.600. The number of hydrogen-bond acceptors (Lipinski definition) is 1. The first-order chi connectivity index (χ1) is 7.49. The van der Waals surface area contributed by atoms with E-state index in [0.717, 1.165) is 19.3 Å². The number of benzene rings is 1. The Morgan fingerprint density at radius 1 is 1.12 bits per heavy atom. The lowest BCUT2D eigenvalue weighted by molar-refractivity contribution is 0.156. The molecule has 0 spiro atoms. The van der Waals surface area contributed by atoms with Crippen molar-refractivity contribution in [3.05, 3.63) is 34.9 Å². The molecular formula is C15H24O. The summed E-state index contributed by atoms with van der Waals surface area (Å²) in [5, 5.41) is 9.97. The first-order valence-corrected chi connectivity index (χ1v) is 6.23. The second-order valence-corrected chi connectivity index (χ2v) is 5.26. The van der Waals surface area contributed by atoms with E-state index in [0.29, 0.717) is 5.92 Å². The number of hydrogen-bond donors (Lipinski definition) is 1. The summed E-state index contributed by atoms with van der Waals surface area (Å²) >= 11 is 0. The third-order valence-electron chi connectivity index (χ3n) is 3.04. The van der Waals surface area contributed by atoms with Crippen LogP contribution in [0.2, 0.25) is 0 Å². The Bertz CT molecular complexity index is 328. The third kappa shape index (κ3) is 4.36. The molecule has 1 heteroatoms. The van der Waals surface area contributed by atoms with Gasteiger partial charge in [0.25, 0.3) is 0 Å². The Balaban J connectivity index is 2.55. The molecule has 16 heavy (non-hydrogen) atoms. The maximum atomic E-state index is 9.97. The first-order valence-electron chi connectivity index (χ1n) is 6.23. The Kier molecular flexibility index (Phi) is 5.01. The summed E-state index contributed by atoms with van der Waals surface area (Å²) in [6, 6.07) is 6.45. The van der Waals surface area contributed by atoms with Crippen LogP contribution in [0.1, 0.15) is 43.4 Å². The first kappa shape index (κ1) is 13.2. The topological polar surface area (TPSA) is 20.2 Å². The van der Waals surface area contributed by atoms with E-state index < -0.39 is 0 Å². The molecule has 1 rings (SSSR count). The minimum Gasteiger partial charge on any atom is -0.393 e. The van der Waals surface area contributed by atoms with Crippen LogP contribution in [0.25, 0.3) is 0 Å². The van der Waals surface area contributed by atoms with E-state index in [1.807, 2.05) is 0 Å². The van der Waals surface area contributed by atoms with Gasteiger partial charge in [-0.05, 0) is 50.2 Å². The smallest absolute Gasteiger partial charge is 0.0580 e. The monoisotopic (exact) mass is 220 g/mol. The van der Waals surface area contributed by atoms with Gasteiger partial charge in [-0.2, -0.15) is 0 Å². The van der Waals surface area contributed by atoms with Gasteiger partial charge in [-0.3, -0.25) is 0 Å². The van der Waals surface area contributed by atoms with E-state index in [2.05, 4.69) is 45.9 Å². The zero-order chi connectivity index (χ0) is 12.1.